The van der Waals surface area contributed by atoms with Crippen molar-refractivity contribution in [2.45, 2.75) is 16.4 Å². The molecule has 0 N–H and O–H groups in total. The summed E-state index contributed by atoms with van der Waals surface area (Å²) in [7, 11) is 1.60. The maximum atomic E-state index is 13.5. The predicted octanol–water partition coefficient (Wildman–Crippen LogP) is 6.22. The highest BCUT2D eigenvalue weighted by Crippen LogP contribution is 2.36. The van der Waals surface area contributed by atoms with E-state index in [1.165, 1.54) is 23.9 Å². The Labute approximate surface area is 155 Å². The Kier molecular flexibility index (Phi) is 5.84. The molecule has 0 aliphatic heterocycles. The molecule has 0 amide bonds. The Balaban J connectivity index is 1.74. The number of hydrogen-bond acceptors (Lipinski definition) is 3. The zero-order chi connectivity index (χ0) is 17.6. The second-order valence-corrected chi connectivity index (χ2v) is 6.88. The van der Waals surface area contributed by atoms with Gasteiger partial charge in [-0.3, -0.25) is 0 Å². The number of methoxy groups -OCH3 is 1. The van der Waals surface area contributed by atoms with Crippen LogP contribution in [-0.4, -0.2) is 7.11 Å². The van der Waals surface area contributed by atoms with Gasteiger partial charge in [0.05, 0.1) is 7.11 Å². The lowest BCUT2D eigenvalue weighted by molar-refractivity contribution is 0.284. The summed E-state index contributed by atoms with van der Waals surface area (Å²) in [6.07, 6.45) is 0. The SMILES string of the molecule is COc1cc(Sc2cc(F)cc(Cl)c2)ccc1OCc1ccccc1. The summed E-state index contributed by atoms with van der Waals surface area (Å²) in [4.78, 5) is 1.63. The maximum absolute atomic E-state index is 13.5. The Bertz CT molecular complexity index is 835. The van der Waals surface area contributed by atoms with Gasteiger partial charge in [-0.05, 0) is 42.0 Å². The molecule has 0 fully saturated rings. The van der Waals surface area contributed by atoms with Gasteiger partial charge >= 0.3 is 0 Å². The molecule has 3 aromatic rings. The topological polar surface area (TPSA) is 18.5 Å². The third-order valence-electron chi connectivity index (χ3n) is 3.44. The van der Waals surface area contributed by atoms with Gasteiger partial charge in [0.2, 0.25) is 0 Å². The molecule has 0 atom stereocenters. The second-order valence-electron chi connectivity index (χ2n) is 5.29. The zero-order valence-corrected chi connectivity index (χ0v) is 15.1. The van der Waals surface area contributed by atoms with Gasteiger partial charge in [-0.15, -0.1) is 0 Å². The minimum Gasteiger partial charge on any atom is -0.493 e. The molecule has 0 unspecified atom stereocenters. The average Bonchev–Trinajstić information content (AvgIpc) is 2.60. The van der Waals surface area contributed by atoms with Crippen LogP contribution in [0.2, 0.25) is 5.02 Å². The van der Waals surface area contributed by atoms with Crippen LogP contribution in [0.1, 0.15) is 5.56 Å². The molecule has 0 saturated carbocycles. The fourth-order valence-corrected chi connectivity index (χ4v) is 3.51. The number of rotatable bonds is 6. The number of hydrogen-bond donors (Lipinski definition) is 0. The van der Waals surface area contributed by atoms with Crippen molar-refractivity contribution < 1.29 is 13.9 Å². The van der Waals surface area contributed by atoms with E-state index in [0.717, 1.165) is 15.4 Å². The van der Waals surface area contributed by atoms with E-state index in [1.807, 2.05) is 48.5 Å². The molecule has 0 aliphatic rings. The van der Waals surface area contributed by atoms with E-state index in [2.05, 4.69) is 0 Å². The van der Waals surface area contributed by atoms with Gasteiger partial charge in [0, 0.05) is 14.8 Å². The quantitative estimate of drug-likeness (QED) is 0.510. The fourth-order valence-electron chi connectivity index (χ4n) is 2.29. The first-order chi connectivity index (χ1) is 12.1. The predicted molar refractivity (Wildman–Crippen MR) is 99.3 cm³/mol. The minimum absolute atomic E-state index is 0.357. The molecule has 0 bridgehead atoms. The summed E-state index contributed by atoms with van der Waals surface area (Å²) in [5, 5.41) is 0.372. The molecule has 25 heavy (non-hydrogen) atoms. The van der Waals surface area contributed by atoms with E-state index in [4.69, 9.17) is 21.1 Å². The van der Waals surface area contributed by atoms with Crippen molar-refractivity contribution in [1.82, 2.24) is 0 Å². The normalized spacial score (nSPS) is 10.5. The van der Waals surface area contributed by atoms with E-state index < -0.39 is 0 Å². The first-order valence-electron chi connectivity index (χ1n) is 7.63. The van der Waals surface area contributed by atoms with E-state index in [1.54, 1.807) is 13.2 Å². The summed E-state index contributed by atoms with van der Waals surface area (Å²) >= 11 is 7.31. The van der Waals surface area contributed by atoms with Crippen molar-refractivity contribution in [2.24, 2.45) is 0 Å². The second kappa shape index (κ2) is 8.28. The van der Waals surface area contributed by atoms with Crippen LogP contribution in [0.3, 0.4) is 0 Å². The van der Waals surface area contributed by atoms with Gasteiger partial charge < -0.3 is 9.47 Å². The lowest BCUT2D eigenvalue weighted by Crippen LogP contribution is -1.97. The first kappa shape index (κ1) is 17.6. The van der Waals surface area contributed by atoms with Gasteiger partial charge in [-0.2, -0.15) is 0 Å². The summed E-state index contributed by atoms with van der Waals surface area (Å²) in [6, 6.07) is 20.0. The summed E-state index contributed by atoms with van der Waals surface area (Å²) < 4.78 is 24.7. The molecule has 3 rings (SSSR count). The van der Waals surface area contributed by atoms with Gasteiger partial charge in [0.1, 0.15) is 12.4 Å². The largest absolute Gasteiger partial charge is 0.493 e. The Hall–Kier alpha value is -2.17. The van der Waals surface area contributed by atoms with Crippen LogP contribution in [0.5, 0.6) is 11.5 Å². The molecule has 0 radical (unpaired) electrons. The third-order valence-corrected chi connectivity index (χ3v) is 4.62. The van der Waals surface area contributed by atoms with E-state index in [-0.39, 0.29) is 5.82 Å². The molecule has 3 aromatic carbocycles. The molecule has 0 spiro atoms. The molecule has 0 aromatic heterocycles. The Morgan fingerprint density at radius 1 is 0.920 bits per heavy atom. The van der Waals surface area contributed by atoms with Gasteiger partial charge in [0.25, 0.3) is 0 Å². The Morgan fingerprint density at radius 2 is 1.72 bits per heavy atom. The van der Waals surface area contributed by atoms with Crippen LogP contribution < -0.4 is 9.47 Å². The van der Waals surface area contributed by atoms with Crippen LogP contribution >= 0.6 is 23.4 Å². The van der Waals surface area contributed by atoms with Crippen molar-refractivity contribution in [3.05, 3.63) is 83.1 Å². The van der Waals surface area contributed by atoms with Crippen molar-refractivity contribution in [2.75, 3.05) is 7.11 Å². The van der Waals surface area contributed by atoms with Crippen molar-refractivity contribution in [3.8, 4) is 11.5 Å². The van der Waals surface area contributed by atoms with E-state index in [0.29, 0.717) is 23.1 Å². The van der Waals surface area contributed by atoms with E-state index in [9.17, 15) is 4.39 Å². The van der Waals surface area contributed by atoms with Crippen molar-refractivity contribution in [3.63, 3.8) is 0 Å². The maximum Gasteiger partial charge on any atom is 0.161 e. The molecule has 2 nitrogen and oxygen atoms in total. The number of benzene rings is 3. The molecule has 5 heteroatoms. The molecular formula is C20H16ClFO2S. The number of halogens is 2. The zero-order valence-electron chi connectivity index (χ0n) is 13.5. The minimum atomic E-state index is -0.357. The first-order valence-corrected chi connectivity index (χ1v) is 8.82. The molecule has 128 valence electrons. The molecule has 0 heterocycles. The molecule has 0 saturated heterocycles. The smallest absolute Gasteiger partial charge is 0.161 e. The van der Waals surface area contributed by atoms with Gasteiger partial charge in [-0.25, -0.2) is 4.39 Å². The lowest BCUT2D eigenvalue weighted by atomic mass is 10.2. The van der Waals surface area contributed by atoms with Gasteiger partial charge in [0.15, 0.2) is 11.5 Å². The highest BCUT2D eigenvalue weighted by molar-refractivity contribution is 7.99. The molecule has 0 aliphatic carbocycles. The van der Waals surface area contributed by atoms with Crippen LogP contribution in [0.15, 0.2) is 76.5 Å². The third kappa shape index (κ3) is 4.91. The average molecular weight is 375 g/mol. The lowest BCUT2D eigenvalue weighted by Gasteiger charge is -2.12. The monoisotopic (exact) mass is 374 g/mol. The molecular weight excluding hydrogens is 359 g/mol. The van der Waals surface area contributed by atoms with E-state index >= 15 is 0 Å². The van der Waals surface area contributed by atoms with Gasteiger partial charge in [-0.1, -0.05) is 53.7 Å². The van der Waals surface area contributed by atoms with Crippen LogP contribution in [0, 0.1) is 5.82 Å². The van der Waals surface area contributed by atoms with Crippen LogP contribution in [0.4, 0.5) is 4.39 Å². The Morgan fingerprint density at radius 3 is 2.44 bits per heavy atom. The summed E-state index contributed by atoms with van der Waals surface area (Å²) in [5.74, 6) is 0.932. The van der Waals surface area contributed by atoms with Crippen LogP contribution in [0.25, 0.3) is 0 Å². The fraction of sp³-hybridized carbons (Fsp3) is 0.100. The number of ether oxygens (including phenoxy) is 2. The van der Waals surface area contributed by atoms with Crippen molar-refractivity contribution >= 4 is 23.4 Å². The van der Waals surface area contributed by atoms with Crippen molar-refractivity contribution in [1.29, 1.82) is 0 Å². The summed E-state index contributed by atoms with van der Waals surface area (Å²) in [5.41, 5.74) is 1.08. The van der Waals surface area contributed by atoms with Crippen LogP contribution in [-0.2, 0) is 6.61 Å². The summed E-state index contributed by atoms with van der Waals surface area (Å²) in [6.45, 7) is 0.462. The standard InChI is InChI=1S/C20H16ClFO2S/c1-23-20-12-17(25-18-10-15(21)9-16(22)11-18)7-8-19(20)24-13-14-5-3-2-4-6-14/h2-12H,13H2,1H3. The highest BCUT2D eigenvalue weighted by Gasteiger charge is 2.08. The highest BCUT2D eigenvalue weighted by atomic mass is 35.5.